The minimum absolute atomic E-state index is 0.0527. The van der Waals surface area contributed by atoms with Crippen molar-refractivity contribution in [3.05, 3.63) is 69.2 Å². The van der Waals surface area contributed by atoms with Gasteiger partial charge in [-0.25, -0.2) is 9.99 Å². The molecular formula is C27H30N4O4S2. The fourth-order valence-corrected chi connectivity index (χ4v) is 5.74. The fourth-order valence-electron chi connectivity index (χ4n) is 3.99. The van der Waals surface area contributed by atoms with E-state index in [4.69, 9.17) is 14.6 Å². The number of carbonyl (C=O) groups excluding carboxylic acids is 2. The topological polar surface area (TPSA) is 93.1 Å². The Balaban J connectivity index is 1.52. The zero-order valence-electron chi connectivity index (χ0n) is 21.5. The highest BCUT2D eigenvalue weighted by Crippen LogP contribution is 2.34. The molecule has 0 bridgehead atoms. The Morgan fingerprint density at radius 2 is 1.86 bits per heavy atom. The van der Waals surface area contributed by atoms with Crippen LogP contribution in [0.25, 0.3) is 0 Å². The van der Waals surface area contributed by atoms with Crippen LogP contribution in [0.5, 0.6) is 11.5 Å². The molecule has 0 spiro atoms. The molecule has 1 aliphatic rings. The van der Waals surface area contributed by atoms with E-state index in [-0.39, 0.29) is 16.4 Å². The number of anilines is 1. The zero-order chi connectivity index (χ0) is 26.5. The molecule has 0 radical (unpaired) electrons. The maximum atomic E-state index is 12.9. The minimum atomic E-state index is -0.177. The van der Waals surface area contributed by atoms with Crippen molar-refractivity contribution in [3.63, 3.8) is 0 Å². The Morgan fingerprint density at radius 1 is 1.11 bits per heavy atom. The van der Waals surface area contributed by atoms with Gasteiger partial charge >= 0.3 is 5.24 Å². The molecule has 2 amide bonds. The number of methoxy groups -OCH3 is 1. The lowest BCUT2D eigenvalue weighted by Crippen LogP contribution is -2.34. The average molecular weight is 539 g/mol. The number of nitrogens with zero attached hydrogens (tertiary/aromatic N) is 3. The fraction of sp³-hybridized carbons (Fsp3) is 0.333. The Hall–Kier alpha value is -3.37. The molecule has 0 saturated heterocycles. The summed E-state index contributed by atoms with van der Waals surface area (Å²) in [5.74, 6) is 1.13. The molecule has 0 aliphatic carbocycles. The molecule has 1 aliphatic heterocycles. The monoisotopic (exact) mass is 538 g/mol. The number of ether oxygens (including phenoxy) is 2. The van der Waals surface area contributed by atoms with Crippen molar-refractivity contribution in [3.8, 4) is 11.5 Å². The predicted octanol–water partition coefficient (Wildman–Crippen LogP) is 6.27. The Bertz CT molecular complexity index is 1320. The van der Waals surface area contributed by atoms with E-state index in [1.807, 2.05) is 70.2 Å². The number of thiazole rings is 1. The molecule has 2 aromatic carbocycles. The van der Waals surface area contributed by atoms with Gasteiger partial charge in [0.2, 0.25) is 0 Å². The minimum Gasteiger partial charge on any atom is -0.493 e. The molecule has 1 unspecified atom stereocenters. The highest BCUT2D eigenvalue weighted by atomic mass is 32.2. The van der Waals surface area contributed by atoms with Gasteiger partial charge in [-0.2, -0.15) is 5.10 Å². The average Bonchev–Trinajstić information content (AvgIpc) is 3.24. The zero-order valence-corrected chi connectivity index (χ0v) is 23.2. The molecule has 37 heavy (non-hydrogen) atoms. The molecule has 2 heterocycles. The molecule has 1 aromatic heterocycles. The molecule has 194 valence electrons. The normalized spacial score (nSPS) is 15.4. The van der Waals surface area contributed by atoms with E-state index in [1.165, 1.54) is 28.1 Å². The van der Waals surface area contributed by atoms with Gasteiger partial charge in [0, 0.05) is 11.3 Å². The summed E-state index contributed by atoms with van der Waals surface area (Å²) < 4.78 is 11.2. The summed E-state index contributed by atoms with van der Waals surface area (Å²) in [4.78, 5) is 30.4. The maximum absolute atomic E-state index is 12.9. The second-order valence-corrected chi connectivity index (χ2v) is 10.8. The molecule has 1 atom stereocenters. The molecule has 3 aromatic rings. The van der Waals surface area contributed by atoms with Crippen LogP contribution in [-0.4, -0.2) is 45.8 Å². The number of benzene rings is 2. The number of nitrogens with one attached hydrogen (secondary N) is 1. The van der Waals surface area contributed by atoms with Gasteiger partial charge in [-0.05, 0) is 63.1 Å². The predicted molar refractivity (Wildman–Crippen MR) is 149 cm³/mol. The van der Waals surface area contributed by atoms with Gasteiger partial charge in [0.15, 0.2) is 11.5 Å². The van der Waals surface area contributed by atoms with Crippen molar-refractivity contribution in [1.82, 2.24) is 9.99 Å². The Labute approximate surface area is 225 Å². The first kappa shape index (κ1) is 26.7. The number of amides is 2. The Kier molecular flexibility index (Phi) is 8.50. The van der Waals surface area contributed by atoms with Crippen LogP contribution in [0.2, 0.25) is 0 Å². The number of carbonyl (C=O) groups is 2. The summed E-state index contributed by atoms with van der Waals surface area (Å²) in [5.41, 5.74) is 4.03. The van der Waals surface area contributed by atoms with Gasteiger partial charge < -0.3 is 14.8 Å². The van der Waals surface area contributed by atoms with Gasteiger partial charge in [-0.3, -0.25) is 9.59 Å². The van der Waals surface area contributed by atoms with Crippen LogP contribution in [0.1, 0.15) is 51.8 Å². The van der Waals surface area contributed by atoms with Crippen molar-refractivity contribution in [2.75, 3.05) is 19.0 Å². The molecule has 0 saturated carbocycles. The molecule has 0 fully saturated rings. The van der Waals surface area contributed by atoms with E-state index < -0.39 is 0 Å². The number of aromatic nitrogens is 1. The van der Waals surface area contributed by atoms with Crippen molar-refractivity contribution in [2.45, 2.75) is 45.9 Å². The van der Waals surface area contributed by atoms with Crippen molar-refractivity contribution >= 4 is 45.6 Å². The first-order chi connectivity index (χ1) is 17.8. The molecular weight excluding hydrogens is 508 g/mol. The van der Waals surface area contributed by atoms with Gasteiger partial charge in [0.1, 0.15) is 4.88 Å². The van der Waals surface area contributed by atoms with E-state index in [2.05, 4.69) is 10.3 Å². The highest BCUT2D eigenvalue weighted by Gasteiger charge is 2.30. The van der Waals surface area contributed by atoms with E-state index in [0.29, 0.717) is 35.2 Å². The summed E-state index contributed by atoms with van der Waals surface area (Å²) in [6, 6.07) is 13.2. The SMILES string of the molecule is CCOc1cc(C2=NN(Cc3ccc(NC(=O)c4sc(C)nc4C)cc3)C(=O)SC2CC)ccc1OC. The van der Waals surface area contributed by atoms with Gasteiger partial charge in [0.25, 0.3) is 5.91 Å². The third-order valence-corrected chi connectivity index (χ3v) is 8.10. The second-order valence-electron chi connectivity index (χ2n) is 8.42. The van der Waals surface area contributed by atoms with Crippen LogP contribution in [0.4, 0.5) is 10.5 Å². The number of rotatable bonds is 9. The number of thioether (sulfide) groups is 1. The number of hydrogen-bond donors (Lipinski definition) is 1. The van der Waals surface area contributed by atoms with E-state index in [0.717, 1.165) is 34.0 Å². The molecule has 10 heteroatoms. The molecule has 8 nitrogen and oxygen atoms in total. The Morgan fingerprint density at radius 3 is 2.49 bits per heavy atom. The first-order valence-corrected chi connectivity index (χ1v) is 13.7. The van der Waals surface area contributed by atoms with Gasteiger partial charge in [-0.1, -0.05) is 30.8 Å². The van der Waals surface area contributed by atoms with Crippen LogP contribution in [0, 0.1) is 13.8 Å². The lowest BCUT2D eigenvalue weighted by Gasteiger charge is -2.28. The largest absolute Gasteiger partial charge is 0.493 e. The molecule has 4 rings (SSSR count). The number of hydrogen-bond acceptors (Lipinski definition) is 8. The summed E-state index contributed by atoms with van der Waals surface area (Å²) >= 11 is 2.66. The smallest absolute Gasteiger partial charge is 0.302 e. The number of hydrazone groups is 1. The van der Waals surface area contributed by atoms with Crippen LogP contribution in [-0.2, 0) is 6.54 Å². The second kappa shape index (κ2) is 11.8. The lowest BCUT2D eigenvalue weighted by molar-refractivity contribution is 0.102. The maximum Gasteiger partial charge on any atom is 0.302 e. The van der Waals surface area contributed by atoms with Gasteiger partial charge in [-0.15, -0.1) is 11.3 Å². The van der Waals surface area contributed by atoms with Crippen LogP contribution < -0.4 is 14.8 Å². The first-order valence-electron chi connectivity index (χ1n) is 12.0. The van der Waals surface area contributed by atoms with Gasteiger partial charge in [0.05, 0.1) is 41.9 Å². The third kappa shape index (κ3) is 6.14. The van der Waals surface area contributed by atoms with Crippen molar-refractivity contribution in [1.29, 1.82) is 0 Å². The summed E-state index contributed by atoms with van der Waals surface area (Å²) in [6.45, 7) is 8.52. The van der Waals surface area contributed by atoms with E-state index in [9.17, 15) is 9.59 Å². The summed E-state index contributed by atoms with van der Waals surface area (Å²) in [7, 11) is 1.61. The van der Waals surface area contributed by atoms with Crippen molar-refractivity contribution in [2.24, 2.45) is 5.10 Å². The molecule has 1 N–H and O–H groups in total. The quantitative estimate of drug-likeness (QED) is 0.345. The lowest BCUT2D eigenvalue weighted by atomic mass is 10.0. The van der Waals surface area contributed by atoms with Crippen LogP contribution >= 0.6 is 23.1 Å². The summed E-state index contributed by atoms with van der Waals surface area (Å²) in [6.07, 6.45) is 0.770. The summed E-state index contributed by atoms with van der Waals surface area (Å²) in [5, 5.41) is 9.89. The standard InChI is InChI=1S/C27H30N4O4S2/c1-6-23-24(19-10-13-21(34-5)22(14-19)35-7-2)30-31(27(33)37-23)15-18-8-11-20(12-9-18)29-26(32)25-16(3)28-17(4)36-25/h8-14,23H,6-7,15H2,1-5H3,(H,29,32). The van der Waals surface area contributed by atoms with Crippen LogP contribution in [0.3, 0.4) is 0 Å². The van der Waals surface area contributed by atoms with E-state index in [1.54, 1.807) is 7.11 Å². The highest BCUT2D eigenvalue weighted by molar-refractivity contribution is 8.14. The van der Waals surface area contributed by atoms with E-state index >= 15 is 0 Å². The number of aryl methyl sites for hydroxylation is 2. The van der Waals surface area contributed by atoms with Crippen LogP contribution in [0.15, 0.2) is 47.6 Å². The van der Waals surface area contributed by atoms with Crippen molar-refractivity contribution < 1.29 is 19.1 Å². The third-order valence-electron chi connectivity index (χ3n) is 5.77.